The van der Waals surface area contributed by atoms with Gasteiger partial charge in [0.05, 0.1) is 10.5 Å². The summed E-state index contributed by atoms with van der Waals surface area (Å²) in [5, 5.41) is 5.81. The van der Waals surface area contributed by atoms with Crippen LogP contribution in [-0.2, 0) is 4.79 Å². The Kier molecular flexibility index (Phi) is 3.83. The van der Waals surface area contributed by atoms with Gasteiger partial charge < -0.3 is 5.32 Å². The monoisotopic (exact) mass is 304 g/mol. The van der Waals surface area contributed by atoms with E-state index in [1.807, 2.05) is 0 Å². The molecule has 1 unspecified atom stereocenters. The number of anilines is 1. The number of rotatable bonds is 2. The summed E-state index contributed by atoms with van der Waals surface area (Å²) in [4.78, 5) is 11.7. The number of carbonyl (C=O) groups is 1. The molecule has 1 aromatic carbocycles. The Morgan fingerprint density at radius 3 is 3.06 bits per heavy atom. The first kappa shape index (κ1) is 11.9. The van der Waals surface area contributed by atoms with Gasteiger partial charge in [0.2, 0.25) is 5.91 Å². The highest BCUT2D eigenvalue weighted by atomic mass is 79.9. The summed E-state index contributed by atoms with van der Waals surface area (Å²) in [6, 6.07) is 4.25. The van der Waals surface area contributed by atoms with Crippen molar-refractivity contribution in [3.05, 3.63) is 28.5 Å². The van der Waals surface area contributed by atoms with Crippen molar-refractivity contribution in [2.75, 3.05) is 16.9 Å². The molecule has 1 heterocycles. The number of benzene rings is 1. The Hall–Kier alpha value is -0.590. The Labute approximate surface area is 105 Å². The van der Waals surface area contributed by atoms with E-state index in [2.05, 4.69) is 26.6 Å². The molecule has 1 aliphatic rings. The van der Waals surface area contributed by atoms with Crippen molar-refractivity contribution in [1.29, 1.82) is 0 Å². The lowest BCUT2D eigenvalue weighted by Crippen LogP contribution is -2.37. The zero-order chi connectivity index (χ0) is 11.5. The van der Waals surface area contributed by atoms with E-state index in [0.29, 0.717) is 10.2 Å². The minimum absolute atomic E-state index is 0.0801. The highest BCUT2D eigenvalue weighted by molar-refractivity contribution is 9.10. The predicted molar refractivity (Wildman–Crippen MR) is 67.0 cm³/mol. The van der Waals surface area contributed by atoms with E-state index >= 15 is 0 Å². The summed E-state index contributed by atoms with van der Waals surface area (Å²) in [6.45, 7) is 0. The van der Waals surface area contributed by atoms with Gasteiger partial charge in [-0.1, -0.05) is 0 Å². The lowest BCUT2D eigenvalue weighted by Gasteiger charge is -2.10. The average molecular weight is 305 g/mol. The number of nitrogens with one attached hydrogen (secondary N) is 2. The minimum Gasteiger partial charge on any atom is -0.325 e. The van der Waals surface area contributed by atoms with Crippen LogP contribution in [-0.4, -0.2) is 23.6 Å². The largest absolute Gasteiger partial charge is 0.325 e. The molecule has 2 rings (SSSR count). The molecule has 0 aliphatic carbocycles. The first-order valence-corrected chi connectivity index (χ1v) is 6.68. The Bertz CT molecular complexity index is 410. The van der Waals surface area contributed by atoms with Crippen molar-refractivity contribution < 1.29 is 9.18 Å². The van der Waals surface area contributed by atoms with Gasteiger partial charge >= 0.3 is 0 Å². The van der Waals surface area contributed by atoms with Gasteiger partial charge in [0.15, 0.2) is 0 Å². The normalized spacial score (nSPS) is 19.8. The van der Waals surface area contributed by atoms with Crippen LogP contribution in [0.15, 0.2) is 22.7 Å². The molecule has 3 nitrogen and oxygen atoms in total. The van der Waals surface area contributed by atoms with Crippen molar-refractivity contribution in [3.8, 4) is 0 Å². The van der Waals surface area contributed by atoms with E-state index in [-0.39, 0.29) is 17.8 Å². The molecule has 1 saturated heterocycles. The fourth-order valence-corrected chi connectivity index (χ4v) is 2.69. The van der Waals surface area contributed by atoms with Crippen molar-refractivity contribution in [2.24, 2.45) is 0 Å². The number of amides is 1. The van der Waals surface area contributed by atoms with Gasteiger partial charge in [-0.2, -0.15) is 0 Å². The number of halogens is 2. The quantitative estimate of drug-likeness (QED) is 0.880. The number of hydrogen-bond acceptors (Lipinski definition) is 3. The molecule has 1 aliphatic heterocycles. The molecule has 16 heavy (non-hydrogen) atoms. The van der Waals surface area contributed by atoms with E-state index in [1.165, 1.54) is 6.07 Å². The molecule has 1 atom stereocenters. The molecule has 0 saturated carbocycles. The summed E-state index contributed by atoms with van der Waals surface area (Å²) in [7, 11) is 0. The molecular weight excluding hydrogens is 295 g/mol. The van der Waals surface area contributed by atoms with E-state index in [4.69, 9.17) is 0 Å². The molecule has 0 radical (unpaired) electrons. The van der Waals surface area contributed by atoms with Gasteiger partial charge in [0.25, 0.3) is 0 Å². The van der Waals surface area contributed by atoms with Crippen LogP contribution in [0.1, 0.15) is 0 Å². The summed E-state index contributed by atoms with van der Waals surface area (Å²) in [5.74, 6) is 1.15. The van der Waals surface area contributed by atoms with Gasteiger partial charge in [-0.3, -0.25) is 10.1 Å². The average Bonchev–Trinajstić information content (AvgIpc) is 2.77. The third kappa shape index (κ3) is 2.75. The molecular formula is C10H10BrFN2OS. The number of thioether (sulfide) groups is 1. The summed E-state index contributed by atoms with van der Waals surface area (Å²) in [6.07, 6.45) is 0. The van der Waals surface area contributed by atoms with Crippen LogP contribution in [0.25, 0.3) is 0 Å². The zero-order valence-corrected chi connectivity index (χ0v) is 10.7. The lowest BCUT2D eigenvalue weighted by molar-refractivity contribution is -0.117. The maximum Gasteiger partial charge on any atom is 0.242 e. The summed E-state index contributed by atoms with van der Waals surface area (Å²) < 4.78 is 13.3. The predicted octanol–water partition coefficient (Wildman–Crippen LogP) is 2.19. The molecule has 0 spiro atoms. The van der Waals surface area contributed by atoms with Crippen LogP contribution in [0, 0.1) is 5.82 Å². The van der Waals surface area contributed by atoms with E-state index in [9.17, 15) is 9.18 Å². The molecule has 1 fully saturated rings. The molecule has 86 valence electrons. The number of carbonyl (C=O) groups excluding carboxylic acids is 1. The van der Waals surface area contributed by atoms with Crippen LogP contribution >= 0.6 is 27.7 Å². The third-order valence-electron chi connectivity index (χ3n) is 2.22. The topological polar surface area (TPSA) is 41.1 Å². The second-order valence-corrected chi connectivity index (χ2v) is 5.27. The van der Waals surface area contributed by atoms with Crippen LogP contribution in [0.2, 0.25) is 0 Å². The fraction of sp³-hybridized carbons (Fsp3) is 0.300. The van der Waals surface area contributed by atoms with Crippen LogP contribution in [0.5, 0.6) is 0 Å². The molecule has 2 N–H and O–H groups in total. The van der Waals surface area contributed by atoms with Crippen molar-refractivity contribution in [3.63, 3.8) is 0 Å². The smallest absolute Gasteiger partial charge is 0.242 e. The van der Waals surface area contributed by atoms with Gasteiger partial charge in [-0.05, 0) is 34.1 Å². The van der Waals surface area contributed by atoms with Crippen molar-refractivity contribution >= 4 is 39.3 Å². The molecule has 0 bridgehead atoms. The first-order valence-electron chi connectivity index (χ1n) is 4.74. The Morgan fingerprint density at radius 2 is 2.44 bits per heavy atom. The molecule has 6 heteroatoms. The van der Waals surface area contributed by atoms with E-state index < -0.39 is 0 Å². The summed E-state index contributed by atoms with van der Waals surface area (Å²) in [5.41, 5.74) is 0.594. The minimum atomic E-state index is -0.340. The first-order chi connectivity index (χ1) is 7.66. The highest BCUT2D eigenvalue weighted by Crippen LogP contribution is 2.20. The highest BCUT2D eigenvalue weighted by Gasteiger charge is 2.22. The summed E-state index contributed by atoms with van der Waals surface area (Å²) >= 11 is 4.76. The fourth-order valence-electron chi connectivity index (χ4n) is 1.37. The third-order valence-corrected chi connectivity index (χ3v) is 3.77. The van der Waals surface area contributed by atoms with Crippen molar-refractivity contribution in [1.82, 2.24) is 5.32 Å². The van der Waals surface area contributed by atoms with Gasteiger partial charge in [0.1, 0.15) is 5.82 Å². The molecule has 0 aromatic heterocycles. The standard InChI is InChI=1S/C10H10BrFN2OS/c11-7-3-6(1-2-8(7)12)14-10(15)9-4-16-5-13-9/h1-3,9,13H,4-5H2,(H,14,15). The van der Waals surface area contributed by atoms with Crippen LogP contribution in [0.3, 0.4) is 0 Å². The SMILES string of the molecule is O=C(Nc1ccc(F)c(Br)c1)C1CSCN1. The second-order valence-electron chi connectivity index (χ2n) is 3.39. The maximum atomic E-state index is 13.0. The maximum absolute atomic E-state index is 13.0. The number of hydrogen-bond donors (Lipinski definition) is 2. The van der Waals surface area contributed by atoms with Crippen LogP contribution < -0.4 is 10.6 Å². The van der Waals surface area contributed by atoms with Gasteiger partial charge in [-0.25, -0.2) is 4.39 Å². The Balaban J connectivity index is 2.02. The zero-order valence-electron chi connectivity index (χ0n) is 8.30. The van der Waals surface area contributed by atoms with Gasteiger partial charge in [-0.15, -0.1) is 11.8 Å². The lowest BCUT2D eigenvalue weighted by atomic mass is 10.2. The van der Waals surface area contributed by atoms with E-state index in [0.717, 1.165) is 11.6 Å². The second kappa shape index (κ2) is 5.16. The Morgan fingerprint density at radius 1 is 1.62 bits per heavy atom. The van der Waals surface area contributed by atoms with Gasteiger partial charge in [0, 0.05) is 17.3 Å². The molecule has 1 amide bonds. The van der Waals surface area contributed by atoms with Crippen LogP contribution in [0.4, 0.5) is 10.1 Å². The van der Waals surface area contributed by atoms with E-state index in [1.54, 1.807) is 23.9 Å². The molecule has 1 aromatic rings. The van der Waals surface area contributed by atoms with Crippen molar-refractivity contribution in [2.45, 2.75) is 6.04 Å².